The van der Waals surface area contributed by atoms with Gasteiger partial charge in [-0.1, -0.05) is 38.9 Å². The Morgan fingerprint density at radius 1 is 1.56 bits per heavy atom. The highest BCUT2D eigenvalue weighted by atomic mass is 79.9. The first kappa shape index (κ1) is 13.3. The molecule has 7 heteroatoms. The van der Waals surface area contributed by atoms with E-state index < -0.39 is 0 Å². The van der Waals surface area contributed by atoms with Crippen molar-refractivity contribution in [2.75, 3.05) is 5.32 Å². The predicted octanol–water partition coefficient (Wildman–Crippen LogP) is 4.18. The van der Waals surface area contributed by atoms with E-state index in [-0.39, 0.29) is 17.5 Å². The number of benzene rings is 1. The molecule has 1 N–H and O–H groups in total. The molecule has 2 aromatic rings. The van der Waals surface area contributed by atoms with Crippen LogP contribution in [0.2, 0.25) is 5.15 Å². The van der Waals surface area contributed by atoms with Crippen LogP contribution in [-0.4, -0.2) is 4.98 Å². The molecule has 0 aliphatic carbocycles. The summed E-state index contributed by atoms with van der Waals surface area (Å²) in [5.41, 5.74) is 0.509. The third kappa shape index (κ3) is 2.99. The highest BCUT2D eigenvalue weighted by Gasteiger charge is 2.09. The van der Waals surface area contributed by atoms with Crippen molar-refractivity contribution in [1.29, 1.82) is 5.26 Å². The minimum atomic E-state index is -0.297. The first-order chi connectivity index (χ1) is 8.60. The molecule has 0 amide bonds. The molecule has 0 fully saturated rings. The van der Waals surface area contributed by atoms with Gasteiger partial charge >= 0.3 is 0 Å². The molecule has 0 unspecified atom stereocenters. The van der Waals surface area contributed by atoms with E-state index in [0.717, 1.165) is 15.8 Å². The summed E-state index contributed by atoms with van der Waals surface area (Å²) in [6, 6.07) is 6.64. The van der Waals surface area contributed by atoms with Crippen LogP contribution in [-0.2, 0) is 6.54 Å². The van der Waals surface area contributed by atoms with Crippen molar-refractivity contribution in [3.8, 4) is 6.07 Å². The number of thiazole rings is 1. The van der Waals surface area contributed by atoms with Gasteiger partial charge in [0, 0.05) is 16.6 Å². The van der Waals surface area contributed by atoms with Gasteiger partial charge in [-0.3, -0.25) is 0 Å². The Morgan fingerprint density at radius 3 is 3.00 bits per heavy atom. The normalized spacial score (nSPS) is 10.1. The number of nitrogens with one attached hydrogen (secondary N) is 1. The second-order valence-electron chi connectivity index (χ2n) is 3.34. The highest BCUT2D eigenvalue weighted by Crippen LogP contribution is 2.26. The summed E-state index contributed by atoms with van der Waals surface area (Å²) in [4.78, 5) is 4.31. The standard InChI is InChI=1S/C11H6BrClFN3S/c12-7-1-2-8(14)6(3-7)5-16-11-17-10(13)9(4-15)18-11/h1-3H,5H2,(H,16,17). The molecular weight excluding hydrogens is 341 g/mol. The van der Waals surface area contributed by atoms with Crippen molar-refractivity contribution in [2.45, 2.75) is 6.54 Å². The summed E-state index contributed by atoms with van der Waals surface area (Å²) in [6.07, 6.45) is 0. The fourth-order valence-corrected chi connectivity index (χ4v) is 2.65. The zero-order valence-corrected chi connectivity index (χ0v) is 12.0. The van der Waals surface area contributed by atoms with E-state index in [1.807, 2.05) is 6.07 Å². The number of nitriles is 1. The Kier molecular flexibility index (Phi) is 4.17. The average molecular weight is 347 g/mol. The number of halogens is 3. The monoisotopic (exact) mass is 345 g/mol. The van der Waals surface area contributed by atoms with Crippen LogP contribution in [0.3, 0.4) is 0 Å². The number of hydrogen-bond donors (Lipinski definition) is 1. The van der Waals surface area contributed by atoms with Gasteiger partial charge in [-0.15, -0.1) is 0 Å². The average Bonchev–Trinajstić information content (AvgIpc) is 2.71. The fourth-order valence-electron chi connectivity index (χ4n) is 1.30. The van der Waals surface area contributed by atoms with Crippen molar-refractivity contribution < 1.29 is 4.39 Å². The third-order valence-electron chi connectivity index (χ3n) is 2.13. The first-order valence-corrected chi connectivity index (χ1v) is 6.83. The van der Waals surface area contributed by atoms with E-state index >= 15 is 0 Å². The van der Waals surface area contributed by atoms with Crippen LogP contribution in [0.25, 0.3) is 0 Å². The molecule has 3 nitrogen and oxygen atoms in total. The van der Waals surface area contributed by atoms with Gasteiger partial charge in [-0.25, -0.2) is 9.37 Å². The van der Waals surface area contributed by atoms with Crippen molar-refractivity contribution >= 4 is 44.0 Å². The molecule has 1 aromatic carbocycles. The molecule has 0 saturated carbocycles. The molecule has 2 rings (SSSR count). The summed E-state index contributed by atoms with van der Waals surface area (Å²) in [5, 5.41) is 12.3. The molecule has 92 valence electrons. The van der Waals surface area contributed by atoms with E-state index in [2.05, 4.69) is 26.2 Å². The first-order valence-electron chi connectivity index (χ1n) is 4.84. The number of nitrogens with zero attached hydrogens (tertiary/aromatic N) is 2. The second kappa shape index (κ2) is 5.65. The van der Waals surface area contributed by atoms with Gasteiger partial charge in [0.1, 0.15) is 16.8 Å². The Balaban J connectivity index is 2.11. The molecule has 0 radical (unpaired) electrons. The number of rotatable bonds is 3. The van der Waals surface area contributed by atoms with E-state index in [9.17, 15) is 4.39 Å². The molecule has 1 heterocycles. The Bertz CT molecular complexity index is 623. The van der Waals surface area contributed by atoms with E-state index in [1.165, 1.54) is 6.07 Å². The molecular formula is C11H6BrClFN3S. The number of hydrogen-bond acceptors (Lipinski definition) is 4. The molecule has 0 saturated heterocycles. The summed E-state index contributed by atoms with van der Waals surface area (Å²) >= 11 is 10.2. The van der Waals surface area contributed by atoms with E-state index in [0.29, 0.717) is 15.6 Å². The number of aromatic nitrogens is 1. The SMILES string of the molecule is N#Cc1sc(NCc2cc(Br)ccc2F)nc1Cl. The Morgan fingerprint density at radius 2 is 2.33 bits per heavy atom. The van der Waals surface area contributed by atoms with Crippen LogP contribution in [0.5, 0.6) is 0 Å². The summed E-state index contributed by atoms with van der Waals surface area (Å²) < 4.78 is 14.3. The Hall–Kier alpha value is -1.16. The molecule has 0 bridgehead atoms. The van der Waals surface area contributed by atoms with Crippen LogP contribution in [0.15, 0.2) is 22.7 Å². The maximum atomic E-state index is 13.5. The lowest BCUT2D eigenvalue weighted by atomic mass is 10.2. The van der Waals surface area contributed by atoms with Gasteiger partial charge in [-0.2, -0.15) is 5.26 Å². The Labute approximate surface area is 120 Å². The lowest BCUT2D eigenvalue weighted by Crippen LogP contribution is -2.01. The fraction of sp³-hybridized carbons (Fsp3) is 0.0909. The van der Waals surface area contributed by atoms with E-state index in [4.69, 9.17) is 16.9 Å². The van der Waals surface area contributed by atoms with Crippen LogP contribution in [0.1, 0.15) is 10.4 Å². The van der Waals surface area contributed by atoms with Crippen LogP contribution in [0, 0.1) is 17.1 Å². The van der Waals surface area contributed by atoms with Gasteiger partial charge in [0.25, 0.3) is 0 Å². The van der Waals surface area contributed by atoms with Crippen LogP contribution >= 0.6 is 38.9 Å². The van der Waals surface area contributed by atoms with E-state index in [1.54, 1.807) is 12.1 Å². The van der Waals surface area contributed by atoms with Crippen molar-refractivity contribution in [3.63, 3.8) is 0 Å². The van der Waals surface area contributed by atoms with Crippen molar-refractivity contribution in [2.24, 2.45) is 0 Å². The van der Waals surface area contributed by atoms with Gasteiger partial charge in [0.2, 0.25) is 0 Å². The van der Waals surface area contributed by atoms with Gasteiger partial charge in [0.15, 0.2) is 10.3 Å². The highest BCUT2D eigenvalue weighted by molar-refractivity contribution is 9.10. The molecule has 0 aliphatic rings. The number of anilines is 1. The third-order valence-corrected chi connectivity index (χ3v) is 3.92. The molecule has 0 aliphatic heterocycles. The van der Waals surface area contributed by atoms with Crippen molar-refractivity contribution in [1.82, 2.24) is 4.98 Å². The lowest BCUT2D eigenvalue weighted by molar-refractivity contribution is 0.612. The van der Waals surface area contributed by atoms with Crippen LogP contribution < -0.4 is 5.32 Å². The second-order valence-corrected chi connectivity index (χ2v) is 5.61. The molecule has 1 aromatic heterocycles. The summed E-state index contributed by atoms with van der Waals surface area (Å²) in [6.45, 7) is 0.278. The minimum absolute atomic E-state index is 0.166. The predicted molar refractivity (Wildman–Crippen MR) is 73.3 cm³/mol. The quantitative estimate of drug-likeness (QED) is 0.907. The molecule has 0 spiro atoms. The maximum absolute atomic E-state index is 13.5. The van der Waals surface area contributed by atoms with Crippen molar-refractivity contribution in [3.05, 3.63) is 44.1 Å². The lowest BCUT2D eigenvalue weighted by Gasteiger charge is -2.04. The zero-order valence-electron chi connectivity index (χ0n) is 8.88. The largest absolute Gasteiger partial charge is 0.357 e. The minimum Gasteiger partial charge on any atom is -0.357 e. The smallest absolute Gasteiger partial charge is 0.185 e. The summed E-state index contributed by atoms with van der Waals surface area (Å²) in [5.74, 6) is -0.297. The maximum Gasteiger partial charge on any atom is 0.185 e. The van der Waals surface area contributed by atoms with Gasteiger partial charge in [-0.05, 0) is 18.2 Å². The zero-order chi connectivity index (χ0) is 13.1. The topological polar surface area (TPSA) is 48.7 Å². The molecule has 0 atom stereocenters. The summed E-state index contributed by atoms with van der Waals surface area (Å²) in [7, 11) is 0. The van der Waals surface area contributed by atoms with Gasteiger partial charge in [0.05, 0.1) is 0 Å². The van der Waals surface area contributed by atoms with Gasteiger partial charge < -0.3 is 5.32 Å². The van der Waals surface area contributed by atoms with Crippen LogP contribution in [0.4, 0.5) is 9.52 Å². The molecule has 18 heavy (non-hydrogen) atoms.